The molecule has 0 fully saturated rings. The Labute approximate surface area is 176 Å². The molecular formula is C22H24N2O5S. The highest BCUT2D eigenvalue weighted by Gasteiger charge is 2.30. The number of benzene rings is 3. The molecule has 0 radical (unpaired) electrons. The monoisotopic (exact) mass is 428 g/mol. The van der Waals surface area contributed by atoms with E-state index in [9.17, 15) is 13.2 Å². The minimum atomic E-state index is -3.77. The summed E-state index contributed by atoms with van der Waals surface area (Å²) in [7, 11) is -0.812. The van der Waals surface area contributed by atoms with E-state index < -0.39 is 22.0 Å². The maximum absolute atomic E-state index is 13.0. The topological polar surface area (TPSA) is 84.9 Å². The summed E-state index contributed by atoms with van der Waals surface area (Å²) in [6.45, 7) is 1.54. The van der Waals surface area contributed by atoms with Gasteiger partial charge in [0.05, 0.1) is 26.2 Å². The van der Waals surface area contributed by atoms with Crippen LogP contribution in [0, 0.1) is 0 Å². The number of sulfonamides is 1. The molecule has 3 aromatic rings. The molecule has 3 aromatic carbocycles. The van der Waals surface area contributed by atoms with Crippen LogP contribution in [0.25, 0.3) is 10.8 Å². The number of carbonyl (C=O) groups excluding carboxylic acids is 1. The number of fused-ring (bicyclic) bond motifs is 1. The predicted molar refractivity (Wildman–Crippen MR) is 119 cm³/mol. The maximum Gasteiger partial charge on any atom is 0.248 e. The molecule has 1 amide bonds. The number of nitrogens with one attached hydrogen (secondary N) is 1. The number of nitrogens with zero attached hydrogens (tertiary/aromatic N) is 1. The third-order valence-corrected chi connectivity index (χ3v) is 6.00. The molecule has 30 heavy (non-hydrogen) atoms. The van der Waals surface area contributed by atoms with Crippen LogP contribution in [-0.2, 0) is 14.8 Å². The molecule has 0 heterocycles. The van der Waals surface area contributed by atoms with Gasteiger partial charge < -0.3 is 14.8 Å². The zero-order valence-corrected chi connectivity index (χ0v) is 18.1. The van der Waals surface area contributed by atoms with Crippen molar-refractivity contribution in [1.29, 1.82) is 0 Å². The van der Waals surface area contributed by atoms with Crippen molar-refractivity contribution in [2.75, 3.05) is 30.1 Å². The molecule has 8 heteroatoms. The maximum atomic E-state index is 13.0. The lowest BCUT2D eigenvalue weighted by Gasteiger charge is -2.28. The lowest BCUT2D eigenvalue weighted by molar-refractivity contribution is -0.116. The Morgan fingerprint density at radius 1 is 0.967 bits per heavy atom. The molecular weight excluding hydrogens is 404 g/mol. The smallest absolute Gasteiger partial charge is 0.248 e. The van der Waals surface area contributed by atoms with Crippen molar-refractivity contribution in [3.8, 4) is 11.5 Å². The van der Waals surface area contributed by atoms with Crippen LogP contribution in [0.4, 0.5) is 11.4 Å². The number of rotatable bonds is 7. The molecule has 0 aliphatic rings. The molecule has 1 atom stereocenters. The molecule has 0 saturated heterocycles. The van der Waals surface area contributed by atoms with Gasteiger partial charge in [0.25, 0.3) is 0 Å². The first-order chi connectivity index (χ1) is 14.3. The molecule has 0 saturated carbocycles. The van der Waals surface area contributed by atoms with Crippen molar-refractivity contribution in [3.05, 3.63) is 60.7 Å². The fourth-order valence-electron chi connectivity index (χ4n) is 3.34. The Balaban J connectivity index is 1.96. The van der Waals surface area contributed by atoms with Crippen molar-refractivity contribution < 1.29 is 22.7 Å². The number of carbonyl (C=O) groups is 1. The van der Waals surface area contributed by atoms with Gasteiger partial charge in [-0.2, -0.15) is 0 Å². The van der Waals surface area contributed by atoms with E-state index in [0.29, 0.717) is 22.9 Å². The number of hydrogen-bond donors (Lipinski definition) is 1. The molecule has 0 spiro atoms. The number of anilines is 2. The fraction of sp³-hybridized carbons (Fsp3) is 0.227. The zero-order valence-electron chi connectivity index (χ0n) is 17.2. The van der Waals surface area contributed by atoms with Crippen LogP contribution in [0.15, 0.2) is 60.7 Å². The standard InChI is InChI=1S/C22H24N2O5S/c1-15(22(25)23-19-11-7-9-16-8-5-6-10-18(16)19)24(30(4,26)27)17-12-13-20(28-2)21(14-17)29-3/h5-15H,1-4H3,(H,23,25). The number of hydrogen-bond acceptors (Lipinski definition) is 5. The quantitative estimate of drug-likeness (QED) is 0.621. The third kappa shape index (κ3) is 4.33. The minimum absolute atomic E-state index is 0.302. The molecule has 0 bridgehead atoms. The van der Waals surface area contributed by atoms with E-state index in [0.717, 1.165) is 21.3 Å². The largest absolute Gasteiger partial charge is 0.493 e. The zero-order chi connectivity index (χ0) is 21.9. The first kappa shape index (κ1) is 21.4. The van der Waals surface area contributed by atoms with Crippen LogP contribution in [0.3, 0.4) is 0 Å². The van der Waals surface area contributed by atoms with Crippen LogP contribution in [0.5, 0.6) is 11.5 Å². The van der Waals surface area contributed by atoms with E-state index in [1.54, 1.807) is 18.2 Å². The SMILES string of the molecule is COc1ccc(N(C(C)C(=O)Nc2cccc3ccccc23)S(C)(=O)=O)cc1OC. The van der Waals surface area contributed by atoms with Gasteiger partial charge in [-0.25, -0.2) is 8.42 Å². The van der Waals surface area contributed by atoms with Gasteiger partial charge in [0.1, 0.15) is 6.04 Å². The Hall–Kier alpha value is -3.26. The van der Waals surface area contributed by atoms with Crippen LogP contribution in [0.2, 0.25) is 0 Å². The highest BCUT2D eigenvalue weighted by molar-refractivity contribution is 7.92. The Morgan fingerprint density at radius 2 is 1.63 bits per heavy atom. The Morgan fingerprint density at radius 3 is 2.30 bits per heavy atom. The average molecular weight is 429 g/mol. The van der Waals surface area contributed by atoms with Gasteiger partial charge in [-0.15, -0.1) is 0 Å². The first-order valence-electron chi connectivity index (χ1n) is 9.26. The summed E-state index contributed by atoms with van der Waals surface area (Å²) in [5.41, 5.74) is 0.918. The molecule has 158 valence electrons. The third-order valence-electron chi connectivity index (χ3n) is 4.76. The van der Waals surface area contributed by atoms with Crippen LogP contribution >= 0.6 is 0 Å². The van der Waals surface area contributed by atoms with Crippen LogP contribution in [0.1, 0.15) is 6.92 Å². The van der Waals surface area contributed by atoms with Gasteiger partial charge in [0, 0.05) is 17.1 Å². The molecule has 1 unspecified atom stereocenters. The molecule has 0 aliphatic heterocycles. The lowest BCUT2D eigenvalue weighted by atomic mass is 10.1. The summed E-state index contributed by atoms with van der Waals surface area (Å²) in [5, 5.41) is 4.70. The van der Waals surface area contributed by atoms with Crippen LogP contribution in [-0.4, -0.2) is 40.8 Å². The fourth-order valence-corrected chi connectivity index (χ4v) is 4.51. The molecule has 0 aromatic heterocycles. The molecule has 3 rings (SSSR count). The highest BCUT2D eigenvalue weighted by atomic mass is 32.2. The minimum Gasteiger partial charge on any atom is -0.493 e. The van der Waals surface area contributed by atoms with Gasteiger partial charge in [-0.05, 0) is 30.5 Å². The average Bonchev–Trinajstić information content (AvgIpc) is 2.72. The Kier molecular flexibility index (Phi) is 6.17. The molecule has 7 nitrogen and oxygen atoms in total. The number of amides is 1. The first-order valence-corrected chi connectivity index (χ1v) is 11.1. The van der Waals surface area contributed by atoms with Crippen molar-refractivity contribution in [1.82, 2.24) is 0 Å². The molecule has 0 aliphatic carbocycles. The second kappa shape index (κ2) is 8.62. The van der Waals surface area contributed by atoms with Crippen molar-refractivity contribution in [3.63, 3.8) is 0 Å². The summed E-state index contributed by atoms with van der Waals surface area (Å²) in [4.78, 5) is 13.0. The summed E-state index contributed by atoms with van der Waals surface area (Å²) in [6.07, 6.45) is 1.06. The lowest BCUT2D eigenvalue weighted by Crippen LogP contribution is -2.45. The summed E-state index contributed by atoms with van der Waals surface area (Å²) in [5.74, 6) is 0.374. The second-order valence-corrected chi connectivity index (χ2v) is 8.65. The van der Waals surface area contributed by atoms with Gasteiger partial charge in [0.2, 0.25) is 15.9 Å². The second-order valence-electron chi connectivity index (χ2n) is 6.79. The van der Waals surface area contributed by atoms with Gasteiger partial charge >= 0.3 is 0 Å². The van der Waals surface area contributed by atoms with E-state index in [-0.39, 0.29) is 0 Å². The van der Waals surface area contributed by atoms with E-state index in [1.165, 1.54) is 27.2 Å². The van der Waals surface area contributed by atoms with Crippen molar-refractivity contribution in [2.45, 2.75) is 13.0 Å². The van der Waals surface area contributed by atoms with Crippen molar-refractivity contribution >= 4 is 38.1 Å². The van der Waals surface area contributed by atoms with Gasteiger partial charge in [-0.1, -0.05) is 36.4 Å². The number of ether oxygens (including phenoxy) is 2. The van der Waals surface area contributed by atoms with E-state index >= 15 is 0 Å². The number of methoxy groups -OCH3 is 2. The van der Waals surface area contributed by atoms with E-state index in [2.05, 4.69) is 5.32 Å². The van der Waals surface area contributed by atoms with E-state index in [4.69, 9.17) is 9.47 Å². The summed E-state index contributed by atoms with van der Waals surface area (Å²) in [6, 6.07) is 16.9. The van der Waals surface area contributed by atoms with Crippen LogP contribution < -0.4 is 19.1 Å². The summed E-state index contributed by atoms with van der Waals surface area (Å²) >= 11 is 0. The normalized spacial score (nSPS) is 12.3. The highest BCUT2D eigenvalue weighted by Crippen LogP contribution is 2.33. The molecule has 1 N–H and O–H groups in total. The summed E-state index contributed by atoms with van der Waals surface area (Å²) < 4.78 is 36.7. The van der Waals surface area contributed by atoms with Crippen molar-refractivity contribution in [2.24, 2.45) is 0 Å². The van der Waals surface area contributed by atoms with Gasteiger partial charge in [0.15, 0.2) is 11.5 Å². The predicted octanol–water partition coefficient (Wildman–Crippen LogP) is 3.65. The van der Waals surface area contributed by atoms with E-state index in [1.807, 2.05) is 36.4 Å². The van der Waals surface area contributed by atoms with Gasteiger partial charge in [-0.3, -0.25) is 9.10 Å². The Bertz CT molecular complexity index is 1170.